The average Bonchev–Trinajstić information content (AvgIpc) is 2.51. The molecule has 1 aromatic carbocycles. The van der Waals surface area contributed by atoms with Crippen molar-refractivity contribution in [1.82, 2.24) is 5.32 Å². The molecule has 1 heterocycles. The molecule has 1 aliphatic rings. The summed E-state index contributed by atoms with van der Waals surface area (Å²) in [4.78, 5) is 23.4. The van der Waals surface area contributed by atoms with E-state index >= 15 is 0 Å². The first-order valence-electron chi connectivity index (χ1n) is 7.48. The minimum atomic E-state index is -0.919. The molecular formula is C16H19ClFNO4. The number of hydrogen-bond donors (Lipinski definition) is 2. The van der Waals surface area contributed by atoms with Gasteiger partial charge in [-0.15, -0.1) is 0 Å². The number of hydrogen-bond acceptors (Lipinski definition) is 3. The average molecular weight is 344 g/mol. The van der Waals surface area contributed by atoms with Crippen LogP contribution < -0.4 is 5.32 Å². The number of carbonyl (C=O) groups excluding carboxylic acids is 1. The summed E-state index contributed by atoms with van der Waals surface area (Å²) in [6.45, 7) is 1.17. The zero-order chi connectivity index (χ0) is 16.8. The summed E-state index contributed by atoms with van der Waals surface area (Å²) in [7, 11) is 0. The highest BCUT2D eigenvalue weighted by atomic mass is 35.5. The van der Waals surface area contributed by atoms with Gasteiger partial charge in [0.05, 0.1) is 12.3 Å². The van der Waals surface area contributed by atoms with Gasteiger partial charge in [0.1, 0.15) is 5.82 Å². The number of carbonyl (C=O) groups is 2. The van der Waals surface area contributed by atoms with Crippen molar-refractivity contribution >= 4 is 23.5 Å². The predicted octanol–water partition coefficient (Wildman–Crippen LogP) is 2.27. The minimum Gasteiger partial charge on any atom is -0.481 e. The SMILES string of the molecule is O=C(Cc1ccc(F)cc1Cl)NCC(C(=O)O)C1CCOCC1. The maximum absolute atomic E-state index is 13.0. The molecule has 1 aromatic rings. The van der Waals surface area contributed by atoms with E-state index in [1.165, 1.54) is 12.1 Å². The lowest BCUT2D eigenvalue weighted by Gasteiger charge is -2.27. The molecule has 1 fully saturated rings. The van der Waals surface area contributed by atoms with Crippen LogP contribution in [0.25, 0.3) is 0 Å². The zero-order valence-electron chi connectivity index (χ0n) is 12.6. The molecule has 7 heteroatoms. The second-order valence-corrected chi connectivity index (χ2v) is 6.02. The summed E-state index contributed by atoms with van der Waals surface area (Å²) in [5, 5.41) is 12.2. The highest BCUT2D eigenvalue weighted by Crippen LogP contribution is 2.24. The third-order valence-electron chi connectivity index (χ3n) is 4.04. The number of aliphatic carboxylic acids is 1. The molecule has 2 rings (SSSR count). The van der Waals surface area contributed by atoms with Crippen molar-refractivity contribution in [2.24, 2.45) is 11.8 Å². The van der Waals surface area contributed by atoms with Crippen molar-refractivity contribution < 1.29 is 23.8 Å². The Balaban J connectivity index is 1.89. The van der Waals surface area contributed by atoms with Gasteiger partial charge < -0.3 is 15.2 Å². The highest BCUT2D eigenvalue weighted by molar-refractivity contribution is 6.31. The number of benzene rings is 1. The monoisotopic (exact) mass is 343 g/mol. The molecule has 1 atom stereocenters. The van der Waals surface area contributed by atoms with E-state index in [-0.39, 0.29) is 29.8 Å². The van der Waals surface area contributed by atoms with Crippen LogP contribution in [0.15, 0.2) is 18.2 Å². The molecule has 23 heavy (non-hydrogen) atoms. The summed E-state index contributed by atoms with van der Waals surface area (Å²) in [6, 6.07) is 3.83. The van der Waals surface area contributed by atoms with Gasteiger partial charge >= 0.3 is 5.97 Å². The van der Waals surface area contributed by atoms with Gasteiger partial charge in [0.15, 0.2) is 0 Å². The zero-order valence-corrected chi connectivity index (χ0v) is 13.3. The lowest BCUT2D eigenvalue weighted by atomic mass is 9.86. The Morgan fingerprint density at radius 1 is 1.39 bits per heavy atom. The molecule has 1 amide bonds. The Hall–Kier alpha value is -1.66. The van der Waals surface area contributed by atoms with Gasteiger partial charge in [0.2, 0.25) is 5.91 Å². The minimum absolute atomic E-state index is 0.00374. The predicted molar refractivity (Wildman–Crippen MR) is 82.8 cm³/mol. The molecule has 2 N–H and O–H groups in total. The van der Waals surface area contributed by atoms with Crippen LogP contribution in [0.5, 0.6) is 0 Å². The van der Waals surface area contributed by atoms with Gasteiger partial charge in [-0.25, -0.2) is 4.39 Å². The number of carboxylic acids is 1. The van der Waals surface area contributed by atoms with Gasteiger partial charge in [-0.1, -0.05) is 17.7 Å². The first-order chi connectivity index (χ1) is 11.0. The number of ether oxygens (including phenoxy) is 1. The third kappa shape index (κ3) is 5.18. The summed E-state index contributed by atoms with van der Waals surface area (Å²) in [6.07, 6.45) is 1.34. The van der Waals surface area contributed by atoms with Crippen molar-refractivity contribution in [1.29, 1.82) is 0 Å². The topological polar surface area (TPSA) is 75.6 Å². The molecule has 0 aliphatic carbocycles. The number of nitrogens with one attached hydrogen (secondary N) is 1. The summed E-state index contributed by atoms with van der Waals surface area (Å²) in [5.74, 6) is -2.36. The van der Waals surface area contributed by atoms with E-state index in [0.29, 0.717) is 31.6 Å². The quantitative estimate of drug-likeness (QED) is 0.830. The molecule has 5 nitrogen and oxygen atoms in total. The molecule has 0 radical (unpaired) electrons. The molecule has 1 saturated heterocycles. The van der Waals surface area contributed by atoms with E-state index in [0.717, 1.165) is 6.07 Å². The van der Waals surface area contributed by atoms with Crippen molar-refractivity contribution in [3.05, 3.63) is 34.6 Å². The fourth-order valence-electron chi connectivity index (χ4n) is 2.70. The maximum Gasteiger partial charge on any atom is 0.308 e. The smallest absolute Gasteiger partial charge is 0.308 e. The largest absolute Gasteiger partial charge is 0.481 e. The summed E-state index contributed by atoms with van der Waals surface area (Å²) >= 11 is 5.88. The Labute approximate surface area is 138 Å². The Bertz CT molecular complexity index is 575. The van der Waals surface area contributed by atoms with E-state index in [4.69, 9.17) is 16.3 Å². The fraction of sp³-hybridized carbons (Fsp3) is 0.500. The Morgan fingerprint density at radius 2 is 2.09 bits per heavy atom. The first-order valence-corrected chi connectivity index (χ1v) is 7.86. The van der Waals surface area contributed by atoms with Crippen molar-refractivity contribution in [2.75, 3.05) is 19.8 Å². The van der Waals surface area contributed by atoms with Gasteiger partial charge in [-0.2, -0.15) is 0 Å². The number of carboxylic acid groups (broad SMARTS) is 1. The van der Waals surface area contributed by atoms with Crippen LogP contribution in [-0.4, -0.2) is 36.7 Å². The second kappa shape index (κ2) is 8.26. The van der Waals surface area contributed by atoms with Gasteiger partial charge in [0.25, 0.3) is 0 Å². The fourth-order valence-corrected chi connectivity index (χ4v) is 2.93. The number of amides is 1. The molecular weight excluding hydrogens is 325 g/mol. The molecule has 0 saturated carbocycles. The molecule has 126 valence electrons. The van der Waals surface area contributed by atoms with Crippen LogP contribution in [-0.2, 0) is 20.7 Å². The standard InChI is InChI=1S/C16H19ClFNO4/c17-14-8-12(18)2-1-11(14)7-15(20)19-9-13(16(21)22)10-3-5-23-6-4-10/h1-2,8,10,13H,3-7,9H2,(H,19,20)(H,21,22). The third-order valence-corrected chi connectivity index (χ3v) is 4.39. The van der Waals surface area contributed by atoms with E-state index < -0.39 is 17.7 Å². The summed E-state index contributed by atoms with van der Waals surface area (Å²) < 4.78 is 18.2. The normalized spacial score (nSPS) is 16.8. The van der Waals surface area contributed by atoms with E-state index in [2.05, 4.69) is 5.32 Å². The first kappa shape index (κ1) is 17.7. The highest BCUT2D eigenvalue weighted by Gasteiger charge is 2.30. The summed E-state index contributed by atoms with van der Waals surface area (Å²) in [5.41, 5.74) is 0.503. The number of rotatable bonds is 6. The van der Waals surface area contributed by atoms with Crippen LogP contribution in [0.3, 0.4) is 0 Å². The van der Waals surface area contributed by atoms with Crippen LogP contribution in [0, 0.1) is 17.7 Å². The number of halogens is 2. The lowest BCUT2D eigenvalue weighted by molar-refractivity contribution is -0.144. The van der Waals surface area contributed by atoms with Crippen LogP contribution in [0.4, 0.5) is 4.39 Å². The van der Waals surface area contributed by atoms with Crippen molar-refractivity contribution in [3.8, 4) is 0 Å². The van der Waals surface area contributed by atoms with Crippen LogP contribution in [0.2, 0.25) is 5.02 Å². The maximum atomic E-state index is 13.0. The van der Waals surface area contributed by atoms with Gasteiger partial charge in [0, 0.05) is 24.8 Å². The molecule has 1 aliphatic heterocycles. The van der Waals surface area contributed by atoms with Crippen LogP contribution in [0.1, 0.15) is 18.4 Å². The lowest BCUT2D eigenvalue weighted by Crippen LogP contribution is -2.39. The Morgan fingerprint density at radius 3 is 2.70 bits per heavy atom. The van der Waals surface area contributed by atoms with E-state index in [1.807, 2.05) is 0 Å². The molecule has 0 spiro atoms. The van der Waals surface area contributed by atoms with Gasteiger partial charge in [-0.05, 0) is 36.5 Å². The molecule has 0 bridgehead atoms. The molecule has 1 unspecified atom stereocenters. The van der Waals surface area contributed by atoms with E-state index in [9.17, 15) is 19.1 Å². The second-order valence-electron chi connectivity index (χ2n) is 5.61. The molecule has 0 aromatic heterocycles. The van der Waals surface area contributed by atoms with E-state index in [1.54, 1.807) is 0 Å². The van der Waals surface area contributed by atoms with Gasteiger partial charge in [-0.3, -0.25) is 9.59 Å². The van der Waals surface area contributed by atoms with Crippen molar-refractivity contribution in [2.45, 2.75) is 19.3 Å². The van der Waals surface area contributed by atoms with Crippen molar-refractivity contribution in [3.63, 3.8) is 0 Å². The Kier molecular flexibility index (Phi) is 6.36. The van der Waals surface area contributed by atoms with Crippen LogP contribution >= 0.6 is 11.6 Å².